The lowest BCUT2D eigenvalue weighted by Crippen LogP contribution is -2.48. The van der Waals surface area contributed by atoms with Crippen LogP contribution in [-0.2, 0) is 26.2 Å². The van der Waals surface area contributed by atoms with Gasteiger partial charge in [-0.15, -0.1) is 0 Å². The molecule has 0 saturated carbocycles. The first-order valence-corrected chi connectivity index (χ1v) is 13.6. The zero-order valence-corrected chi connectivity index (χ0v) is 21.8. The van der Waals surface area contributed by atoms with Gasteiger partial charge in [-0.25, -0.2) is 8.42 Å². The third-order valence-electron chi connectivity index (χ3n) is 5.57. The van der Waals surface area contributed by atoms with Crippen LogP contribution in [0.3, 0.4) is 0 Å². The number of nitrogens with zero attached hydrogens (tertiary/aromatic N) is 2. The molecule has 0 spiro atoms. The maximum Gasteiger partial charge on any atom is 0.242 e. The number of sulfonamides is 1. The highest BCUT2D eigenvalue weighted by Crippen LogP contribution is 2.23. The Hall–Kier alpha value is -2.58. The van der Waals surface area contributed by atoms with E-state index >= 15 is 0 Å². The highest BCUT2D eigenvalue weighted by atomic mass is 35.5. The minimum atomic E-state index is -3.56. The first-order chi connectivity index (χ1) is 16.0. The molecule has 2 aromatic rings. The van der Waals surface area contributed by atoms with Gasteiger partial charge in [0.05, 0.1) is 11.9 Å². The Morgan fingerprint density at radius 1 is 1.12 bits per heavy atom. The van der Waals surface area contributed by atoms with Crippen LogP contribution in [0.2, 0.25) is 5.02 Å². The summed E-state index contributed by atoms with van der Waals surface area (Å²) in [5.41, 5.74) is 2.44. The molecule has 2 aromatic carbocycles. The molecule has 186 valence electrons. The molecule has 7 nitrogen and oxygen atoms in total. The number of amides is 2. The average molecular weight is 508 g/mol. The topological polar surface area (TPSA) is 86.8 Å². The van der Waals surface area contributed by atoms with Crippen LogP contribution in [0.4, 0.5) is 5.69 Å². The summed E-state index contributed by atoms with van der Waals surface area (Å²) in [5.74, 6) is -0.414. The number of hydrogen-bond acceptors (Lipinski definition) is 4. The highest BCUT2D eigenvalue weighted by Gasteiger charge is 2.26. The molecule has 0 aliphatic rings. The summed E-state index contributed by atoms with van der Waals surface area (Å²) in [5, 5.41) is 3.29. The van der Waals surface area contributed by atoms with E-state index in [2.05, 4.69) is 5.32 Å². The van der Waals surface area contributed by atoms with Crippen LogP contribution in [0.25, 0.3) is 0 Å². The molecule has 1 N–H and O–H groups in total. The van der Waals surface area contributed by atoms with Gasteiger partial charge in [-0.2, -0.15) is 0 Å². The number of carbonyl (C=O) groups excluding carboxylic acids is 2. The number of anilines is 1. The number of benzene rings is 2. The Bertz CT molecular complexity index is 1090. The average Bonchev–Trinajstić information content (AvgIpc) is 2.78. The molecule has 34 heavy (non-hydrogen) atoms. The fourth-order valence-electron chi connectivity index (χ4n) is 3.58. The molecule has 0 heterocycles. The molecule has 0 radical (unpaired) electrons. The van der Waals surface area contributed by atoms with E-state index in [1.54, 1.807) is 36.1 Å². The molecular weight excluding hydrogens is 474 g/mol. The predicted octanol–water partition coefficient (Wildman–Crippen LogP) is 4.14. The standard InChI is InChI=1S/C25H34ClN3O4S/c1-5-15-27-25(31)20(3)28(18-21-11-7-6-10-19(21)2)24(30)14-9-16-29(34(4,32)33)23-13-8-12-22(26)17-23/h6-8,10-13,17,20H,5,9,14-16,18H2,1-4H3,(H,27,31). The Morgan fingerprint density at radius 3 is 2.44 bits per heavy atom. The van der Waals surface area contributed by atoms with Gasteiger partial charge in [-0.3, -0.25) is 13.9 Å². The number of nitrogens with one attached hydrogen (secondary N) is 1. The van der Waals surface area contributed by atoms with Crippen molar-refractivity contribution in [3.63, 3.8) is 0 Å². The lowest BCUT2D eigenvalue weighted by Gasteiger charge is -2.30. The second-order valence-electron chi connectivity index (χ2n) is 8.33. The number of carbonyl (C=O) groups is 2. The molecular formula is C25H34ClN3O4S. The van der Waals surface area contributed by atoms with Gasteiger partial charge in [-0.05, 0) is 56.0 Å². The number of rotatable bonds is 12. The van der Waals surface area contributed by atoms with Crippen LogP contribution in [0, 0.1) is 6.92 Å². The summed E-state index contributed by atoms with van der Waals surface area (Å²) in [6.45, 7) is 6.62. The minimum absolute atomic E-state index is 0.101. The van der Waals surface area contributed by atoms with Crippen LogP contribution >= 0.6 is 11.6 Å². The molecule has 0 saturated heterocycles. The minimum Gasteiger partial charge on any atom is -0.354 e. The molecule has 0 aromatic heterocycles. The van der Waals surface area contributed by atoms with Crippen LogP contribution in [-0.4, -0.2) is 50.5 Å². The maximum atomic E-state index is 13.3. The van der Waals surface area contributed by atoms with Gasteiger partial charge in [0.2, 0.25) is 21.8 Å². The van der Waals surface area contributed by atoms with Gasteiger partial charge in [0.15, 0.2) is 0 Å². The fraction of sp³-hybridized carbons (Fsp3) is 0.440. The van der Waals surface area contributed by atoms with E-state index in [9.17, 15) is 18.0 Å². The van der Waals surface area contributed by atoms with Crippen molar-refractivity contribution in [1.29, 1.82) is 0 Å². The summed E-state index contributed by atoms with van der Waals surface area (Å²) >= 11 is 6.04. The number of halogens is 1. The fourth-order valence-corrected chi connectivity index (χ4v) is 4.73. The summed E-state index contributed by atoms with van der Waals surface area (Å²) in [7, 11) is -3.56. The summed E-state index contributed by atoms with van der Waals surface area (Å²) in [4.78, 5) is 27.5. The summed E-state index contributed by atoms with van der Waals surface area (Å²) in [6, 6.07) is 13.7. The van der Waals surface area contributed by atoms with E-state index in [1.165, 1.54) is 4.31 Å². The van der Waals surface area contributed by atoms with E-state index < -0.39 is 16.1 Å². The quantitative estimate of drug-likeness (QED) is 0.467. The van der Waals surface area contributed by atoms with Gasteiger partial charge >= 0.3 is 0 Å². The molecule has 1 unspecified atom stereocenters. The van der Waals surface area contributed by atoms with Crippen molar-refractivity contribution < 1.29 is 18.0 Å². The van der Waals surface area contributed by atoms with Crippen molar-refractivity contribution in [3.8, 4) is 0 Å². The first kappa shape index (κ1) is 27.7. The summed E-state index contributed by atoms with van der Waals surface area (Å²) < 4.78 is 26.0. The Kier molecular flexibility index (Phi) is 10.4. The predicted molar refractivity (Wildman–Crippen MR) is 137 cm³/mol. The second kappa shape index (κ2) is 12.8. The molecule has 0 fully saturated rings. The monoisotopic (exact) mass is 507 g/mol. The van der Waals surface area contributed by atoms with Gasteiger partial charge < -0.3 is 10.2 Å². The lowest BCUT2D eigenvalue weighted by molar-refractivity contribution is -0.140. The smallest absolute Gasteiger partial charge is 0.242 e. The normalized spacial score (nSPS) is 12.1. The molecule has 2 amide bonds. The Labute approximate surface area is 208 Å². The Balaban J connectivity index is 2.16. The molecule has 9 heteroatoms. The van der Waals surface area contributed by atoms with Crippen molar-refractivity contribution in [2.24, 2.45) is 0 Å². The van der Waals surface area contributed by atoms with Gasteiger partial charge in [0.1, 0.15) is 6.04 Å². The van der Waals surface area contributed by atoms with E-state index in [-0.39, 0.29) is 24.8 Å². The van der Waals surface area contributed by atoms with Crippen LogP contribution < -0.4 is 9.62 Å². The number of hydrogen-bond donors (Lipinski definition) is 1. The van der Waals surface area contributed by atoms with E-state index in [0.29, 0.717) is 30.2 Å². The van der Waals surface area contributed by atoms with Gasteiger partial charge in [0, 0.05) is 31.1 Å². The second-order valence-corrected chi connectivity index (χ2v) is 10.7. The third-order valence-corrected chi connectivity index (χ3v) is 7.00. The van der Waals surface area contributed by atoms with Crippen LogP contribution in [0.15, 0.2) is 48.5 Å². The maximum absolute atomic E-state index is 13.3. The SMILES string of the molecule is CCCNC(=O)C(C)N(Cc1ccccc1C)C(=O)CCCN(c1cccc(Cl)c1)S(C)(=O)=O. The van der Waals surface area contributed by atoms with Crippen molar-refractivity contribution >= 4 is 39.1 Å². The summed E-state index contributed by atoms with van der Waals surface area (Å²) in [6.07, 6.45) is 2.32. The first-order valence-electron chi connectivity index (χ1n) is 11.4. The van der Waals surface area contributed by atoms with Crippen molar-refractivity contribution in [2.75, 3.05) is 23.7 Å². The molecule has 0 bridgehead atoms. The van der Waals surface area contributed by atoms with Crippen LogP contribution in [0.5, 0.6) is 0 Å². The number of aryl methyl sites for hydroxylation is 1. The zero-order chi connectivity index (χ0) is 25.3. The molecule has 0 aliphatic carbocycles. The Morgan fingerprint density at radius 2 is 1.82 bits per heavy atom. The zero-order valence-electron chi connectivity index (χ0n) is 20.3. The largest absolute Gasteiger partial charge is 0.354 e. The molecule has 2 rings (SSSR count). The highest BCUT2D eigenvalue weighted by molar-refractivity contribution is 7.92. The van der Waals surface area contributed by atoms with Crippen molar-refractivity contribution in [3.05, 3.63) is 64.7 Å². The van der Waals surface area contributed by atoms with E-state index in [0.717, 1.165) is 23.8 Å². The van der Waals surface area contributed by atoms with E-state index in [1.807, 2.05) is 38.1 Å². The lowest BCUT2D eigenvalue weighted by atomic mass is 10.1. The molecule has 0 aliphatic heterocycles. The van der Waals surface area contributed by atoms with E-state index in [4.69, 9.17) is 11.6 Å². The molecule has 1 atom stereocenters. The third kappa shape index (κ3) is 8.02. The van der Waals surface area contributed by atoms with Crippen molar-refractivity contribution in [1.82, 2.24) is 10.2 Å². The van der Waals surface area contributed by atoms with Gasteiger partial charge in [-0.1, -0.05) is 48.9 Å². The van der Waals surface area contributed by atoms with Crippen molar-refractivity contribution in [2.45, 2.75) is 52.6 Å². The van der Waals surface area contributed by atoms with Crippen LogP contribution in [0.1, 0.15) is 44.2 Å². The van der Waals surface area contributed by atoms with Gasteiger partial charge in [0.25, 0.3) is 0 Å².